The number of hydrogen-bond donors (Lipinski definition) is 0. The molecular weight excluding hydrogens is 656 g/mol. The van der Waals surface area contributed by atoms with Gasteiger partial charge in [-0.1, -0.05) is 113 Å². The summed E-state index contributed by atoms with van der Waals surface area (Å²) in [4.78, 5) is 13.6. The van der Waals surface area contributed by atoms with E-state index >= 15 is 0 Å². The normalized spacial score (nSPS) is 15.9. The van der Waals surface area contributed by atoms with E-state index in [1.54, 1.807) is 31.4 Å². The molecule has 1 aliphatic carbocycles. The predicted octanol–water partition coefficient (Wildman–Crippen LogP) is 9.01. The smallest absolute Gasteiger partial charge is 0.185 e. The molecule has 242 valence electrons. The fraction of sp³-hybridized carbons (Fsp3) is 0.225. The standard InChI is InChI=1S/C40H39BrO6/c1-43-37-21-18-33(24-40(37)47-29-32-16-9-4-10-17-32)36(42)20-19-35-38(45-27-30-12-5-2-6-13-30)25-34(44-23-11-22-41)26-39(35)46-28-31-14-7-3-8-15-31/h2-10,12-21,24-26,35,38H,11,22-23,27-29H2,1H3. The summed E-state index contributed by atoms with van der Waals surface area (Å²) in [7, 11) is 1.58. The molecule has 2 unspecified atom stereocenters. The highest BCUT2D eigenvalue weighted by Crippen LogP contribution is 2.32. The predicted molar refractivity (Wildman–Crippen MR) is 188 cm³/mol. The Balaban J connectivity index is 1.39. The molecule has 4 aromatic carbocycles. The van der Waals surface area contributed by atoms with Crippen molar-refractivity contribution in [3.05, 3.63) is 167 Å². The van der Waals surface area contributed by atoms with Crippen LogP contribution in [0.25, 0.3) is 0 Å². The molecule has 0 fully saturated rings. The maximum atomic E-state index is 13.6. The Morgan fingerprint density at radius 1 is 0.745 bits per heavy atom. The third-order valence-corrected chi connectivity index (χ3v) is 8.08. The third kappa shape index (κ3) is 10.2. The minimum Gasteiger partial charge on any atom is -0.494 e. The SMILES string of the molecule is COc1ccc(C(=O)C=CC2C(OCc3ccccc3)=CC(OCCCBr)=CC2OCc2ccccc2)cc1OCc1ccccc1. The van der Waals surface area contributed by atoms with Gasteiger partial charge in [-0.25, -0.2) is 0 Å². The lowest BCUT2D eigenvalue weighted by molar-refractivity contribution is 0.0270. The van der Waals surface area contributed by atoms with Crippen molar-refractivity contribution in [3.8, 4) is 11.5 Å². The number of carbonyl (C=O) groups excluding carboxylic acids is 1. The Morgan fingerprint density at radius 3 is 1.98 bits per heavy atom. The average Bonchev–Trinajstić information content (AvgIpc) is 3.12. The van der Waals surface area contributed by atoms with E-state index in [1.807, 2.05) is 109 Å². The molecule has 0 spiro atoms. The van der Waals surface area contributed by atoms with Crippen LogP contribution in [0.5, 0.6) is 11.5 Å². The number of rotatable bonds is 17. The van der Waals surface area contributed by atoms with Gasteiger partial charge in [0.15, 0.2) is 17.3 Å². The van der Waals surface area contributed by atoms with Crippen LogP contribution in [0.3, 0.4) is 0 Å². The minimum atomic E-state index is -0.436. The van der Waals surface area contributed by atoms with Crippen molar-refractivity contribution in [1.82, 2.24) is 0 Å². The lowest BCUT2D eigenvalue weighted by Crippen LogP contribution is -2.27. The Kier molecular flexibility index (Phi) is 12.9. The molecule has 0 saturated heterocycles. The van der Waals surface area contributed by atoms with Crippen LogP contribution in [0.1, 0.15) is 33.5 Å². The van der Waals surface area contributed by atoms with E-state index < -0.39 is 6.10 Å². The number of carbonyl (C=O) groups is 1. The Morgan fingerprint density at radius 2 is 1.36 bits per heavy atom. The van der Waals surface area contributed by atoms with Crippen LogP contribution in [-0.4, -0.2) is 30.9 Å². The highest BCUT2D eigenvalue weighted by Gasteiger charge is 2.29. The number of hydrogen-bond acceptors (Lipinski definition) is 6. The van der Waals surface area contributed by atoms with Crippen molar-refractivity contribution in [2.45, 2.75) is 32.3 Å². The van der Waals surface area contributed by atoms with Crippen LogP contribution < -0.4 is 9.47 Å². The average molecular weight is 696 g/mol. The van der Waals surface area contributed by atoms with E-state index in [0.29, 0.717) is 55.0 Å². The molecule has 4 aromatic rings. The molecule has 5 rings (SSSR count). The van der Waals surface area contributed by atoms with Crippen LogP contribution >= 0.6 is 15.9 Å². The molecule has 0 saturated carbocycles. The zero-order chi connectivity index (χ0) is 32.7. The van der Waals surface area contributed by atoms with E-state index in [0.717, 1.165) is 28.4 Å². The molecule has 0 aliphatic heterocycles. The molecule has 47 heavy (non-hydrogen) atoms. The van der Waals surface area contributed by atoms with Crippen molar-refractivity contribution in [2.75, 3.05) is 19.0 Å². The van der Waals surface area contributed by atoms with E-state index in [4.69, 9.17) is 23.7 Å². The molecular formula is C40H39BrO6. The highest BCUT2D eigenvalue weighted by atomic mass is 79.9. The van der Waals surface area contributed by atoms with Gasteiger partial charge in [-0.15, -0.1) is 0 Å². The number of allylic oxidation sites excluding steroid dienone is 2. The van der Waals surface area contributed by atoms with Crippen LogP contribution in [-0.2, 0) is 34.0 Å². The van der Waals surface area contributed by atoms with Gasteiger partial charge in [0.2, 0.25) is 0 Å². The van der Waals surface area contributed by atoms with Crippen molar-refractivity contribution in [1.29, 1.82) is 0 Å². The lowest BCUT2D eigenvalue weighted by atomic mass is 9.92. The van der Waals surface area contributed by atoms with Gasteiger partial charge in [-0.2, -0.15) is 0 Å². The van der Waals surface area contributed by atoms with E-state index in [2.05, 4.69) is 15.9 Å². The van der Waals surface area contributed by atoms with Crippen molar-refractivity contribution < 1.29 is 28.5 Å². The summed E-state index contributed by atoms with van der Waals surface area (Å²) in [6.45, 7) is 1.66. The zero-order valence-corrected chi connectivity index (χ0v) is 28.0. The van der Waals surface area contributed by atoms with E-state index in [1.165, 1.54) is 0 Å². The van der Waals surface area contributed by atoms with Crippen LogP contribution in [0.4, 0.5) is 0 Å². The molecule has 2 atom stereocenters. The van der Waals surface area contributed by atoms with Gasteiger partial charge in [0.05, 0.1) is 32.3 Å². The van der Waals surface area contributed by atoms with Gasteiger partial charge in [-0.05, 0) is 53.5 Å². The molecule has 0 heterocycles. The zero-order valence-electron chi connectivity index (χ0n) is 26.4. The fourth-order valence-electron chi connectivity index (χ4n) is 5.01. The van der Waals surface area contributed by atoms with Gasteiger partial charge >= 0.3 is 0 Å². The van der Waals surface area contributed by atoms with Gasteiger partial charge in [-0.3, -0.25) is 4.79 Å². The molecule has 0 aromatic heterocycles. The van der Waals surface area contributed by atoms with Crippen LogP contribution in [0, 0.1) is 5.92 Å². The van der Waals surface area contributed by atoms with Gasteiger partial charge in [0.1, 0.15) is 24.7 Å². The molecule has 0 N–H and O–H groups in total. The quantitative estimate of drug-likeness (QED) is 0.0476. The maximum Gasteiger partial charge on any atom is 0.185 e. The summed E-state index contributed by atoms with van der Waals surface area (Å²) in [5.74, 6) is 1.84. The second-order valence-corrected chi connectivity index (χ2v) is 11.7. The maximum absolute atomic E-state index is 13.6. The second kappa shape index (κ2) is 17.9. The lowest BCUT2D eigenvalue weighted by Gasteiger charge is -2.29. The third-order valence-electron chi connectivity index (χ3n) is 7.52. The summed E-state index contributed by atoms with van der Waals surface area (Å²) in [5, 5.41) is 0.840. The first-order valence-corrected chi connectivity index (χ1v) is 16.8. The summed E-state index contributed by atoms with van der Waals surface area (Å²) in [5.41, 5.74) is 3.58. The fourth-order valence-corrected chi connectivity index (χ4v) is 5.24. The number of methoxy groups -OCH3 is 1. The highest BCUT2D eigenvalue weighted by molar-refractivity contribution is 9.09. The number of ketones is 1. The largest absolute Gasteiger partial charge is 0.494 e. The number of alkyl halides is 1. The first-order chi connectivity index (χ1) is 23.1. The first kappa shape index (κ1) is 33.8. The minimum absolute atomic E-state index is 0.176. The van der Waals surface area contributed by atoms with Crippen molar-refractivity contribution >= 4 is 21.7 Å². The molecule has 6 nitrogen and oxygen atoms in total. The second-order valence-electron chi connectivity index (χ2n) is 10.9. The molecule has 0 amide bonds. The Hall–Kier alpha value is -4.59. The monoisotopic (exact) mass is 694 g/mol. The van der Waals surface area contributed by atoms with Gasteiger partial charge in [0, 0.05) is 17.0 Å². The number of ether oxygens (including phenoxy) is 5. The summed E-state index contributed by atoms with van der Waals surface area (Å²) in [6, 6.07) is 35.1. The summed E-state index contributed by atoms with van der Waals surface area (Å²) < 4.78 is 30.6. The number of benzene rings is 4. The van der Waals surface area contributed by atoms with Crippen molar-refractivity contribution in [3.63, 3.8) is 0 Å². The first-order valence-electron chi connectivity index (χ1n) is 15.6. The topological polar surface area (TPSA) is 63.2 Å². The van der Waals surface area contributed by atoms with E-state index in [-0.39, 0.29) is 11.7 Å². The molecule has 0 radical (unpaired) electrons. The molecule has 7 heteroatoms. The van der Waals surface area contributed by atoms with Gasteiger partial charge < -0.3 is 23.7 Å². The Bertz CT molecular complexity index is 1650. The summed E-state index contributed by atoms with van der Waals surface area (Å²) in [6.07, 6.45) is 7.73. The van der Waals surface area contributed by atoms with Gasteiger partial charge in [0.25, 0.3) is 0 Å². The summed E-state index contributed by atoms with van der Waals surface area (Å²) >= 11 is 3.47. The van der Waals surface area contributed by atoms with Crippen LogP contribution in [0.15, 0.2) is 145 Å². The van der Waals surface area contributed by atoms with Crippen LogP contribution in [0.2, 0.25) is 0 Å². The number of halogens is 1. The molecule has 0 bridgehead atoms. The van der Waals surface area contributed by atoms with E-state index in [9.17, 15) is 4.79 Å². The Labute approximate surface area is 285 Å². The molecule has 1 aliphatic rings. The van der Waals surface area contributed by atoms with Crippen molar-refractivity contribution in [2.24, 2.45) is 5.92 Å².